The maximum Gasteiger partial charge on any atom is 0.343 e. The summed E-state index contributed by atoms with van der Waals surface area (Å²) in [4.78, 5) is 25.0. The van der Waals surface area contributed by atoms with Gasteiger partial charge in [-0.05, 0) is 50.1 Å². The van der Waals surface area contributed by atoms with Crippen molar-refractivity contribution in [2.45, 2.75) is 20.8 Å². The van der Waals surface area contributed by atoms with E-state index < -0.39 is 5.97 Å². The molecule has 4 rings (SSSR count). The van der Waals surface area contributed by atoms with Crippen molar-refractivity contribution in [1.29, 1.82) is 0 Å². The zero-order valence-electron chi connectivity index (χ0n) is 15.1. The summed E-state index contributed by atoms with van der Waals surface area (Å²) >= 11 is 0. The molecular weight excluding hydrogens is 346 g/mol. The van der Waals surface area contributed by atoms with E-state index in [1.807, 2.05) is 32.0 Å². The fourth-order valence-electron chi connectivity index (χ4n) is 2.92. The van der Waals surface area contributed by atoms with Gasteiger partial charge in [-0.2, -0.15) is 5.10 Å². The lowest BCUT2D eigenvalue weighted by molar-refractivity contribution is 0.0528. The van der Waals surface area contributed by atoms with Crippen LogP contribution in [-0.2, 0) is 4.74 Å². The summed E-state index contributed by atoms with van der Waals surface area (Å²) in [5.41, 5.74) is 3.79. The van der Waals surface area contributed by atoms with Gasteiger partial charge in [-0.3, -0.25) is 9.36 Å². The van der Waals surface area contributed by atoms with Crippen LogP contribution in [0.2, 0.25) is 0 Å². The molecule has 3 aromatic heterocycles. The lowest BCUT2D eigenvalue weighted by Crippen LogP contribution is -2.20. The minimum atomic E-state index is -0.523. The van der Waals surface area contributed by atoms with Crippen LogP contribution >= 0.6 is 0 Å². The molecule has 0 saturated carbocycles. The summed E-state index contributed by atoms with van der Waals surface area (Å²) in [6, 6.07) is 7.53. The van der Waals surface area contributed by atoms with Crippen LogP contribution in [0, 0.1) is 13.8 Å². The largest absolute Gasteiger partial charge is 0.462 e. The Morgan fingerprint density at radius 1 is 1.15 bits per heavy atom. The Labute approximate surface area is 154 Å². The van der Waals surface area contributed by atoms with E-state index in [4.69, 9.17) is 4.74 Å². The van der Waals surface area contributed by atoms with Gasteiger partial charge in [-0.15, -0.1) is 10.2 Å². The SMILES string of the molecule is CCOC(=O)c1cnn2c1nnc1c(=O)n(-c3ccc(C)c(C)c3)ccc12. The first kappa shape index (κ1) is 16.9. The van der Waals surface area contributed by atoms with Crippen LogP contribution in [0.1, 0.15) is 28.4 Å². The summed E-state index contributed by atoms with van der Waals surface area (Å²) in [6.45, 7) is 5.98. The second-order valence-electron chi connectivity index (χ2n) is 6.21. The number of aryl methyl sites for hydroxylation is 2. The van der Waals surface area contributed by atoms with Crippen LogP contribution in [0.15, 0.2) is 41.5 Å². The second-order valence-corrected chi connectivity index (χ2v) is 6.21. The highest BCUT2D eigenvalue weighted by molar-refractivity contribution is 5.96. The smallest absolute Gasteiger partial charge is 0.343 e. The van der Waals surface area contributed by atoms with Crippen molar-refractivity contribution < 1.29 is 9.53 Å². The van der Waals surface area contributed by atoms with Crippen LogP contribution in [-0.4, -0.2) is 37.0 Å². The number of pyridine rings is 1. The first-order valence-electron chi connectivity index (χ1n) is 8.51. The molecule has 3 heterocycles. The second kappa shape index (κ2) is 6.31. The molecule has 1 aromatic carbocycles. The van der Waals surface area contributed by atoms with Crippen LogP contribution in [0.4, 0.5) is 0 Å². The third kappa shape index (κ3) is 2.66. The zero-order chi connectivity index (χ0) is 19.1. The van der Waals surface area contributed by atoms with Crippen molar-refractivity contribution in [2.24, 2.45) is 0 Å². The molecule has 0 fully saturated rings. The minimum absolute atomic E-state index is 0.168. The molecule has 8 nitrogen and oxygen atoms in total. The van der Waals surface area contributed by atoms with E-state index in [2.05, 4.69) is 15.3 Å². The maximum atomic E-state index is 12.9. The van der Waals surface area contributed by atoms with Gasteiger partial charge in [0.2, 0.25) is 0 Å². The molecule has 0 aliphatic rings. The molecule has 8 heteroatoms. The lowest BCUT2D eigenvalue weighted by Gasteiger charge is -2.09. The number of carbonyl (C=O) groups is 1. The highest BCUT2D eigenvalue weighted by Crippen LogP contribution is 2.16. The van der Waals surface area contributed by atoms with E-state index in [1.165, 1.54) is 15.3 Å². The van der Waals surface area contributed by atoms with Gasteiger partial charge in [-0.25, -0.2) is 9.31 Å². The number of esters is 1. The number of hydrogen-bond donors (Lipinski definition) is 0. The molecule has 0 amide bonds. The molecule has 0 radical (unpaired) electrons. The standard InChI is InChI=1S/C19H17N5O3/c1-4-27-19(26)14-10-20-24-15-7-8-23(13-6-5-11(2)12(3)9-13)18(25)16(15)21-22-17(14)24/h5-10H,4H2,1-3H3. The number of benzene rings is 1. The third-order valence-corrected chi connectivity index (χ3v) is 4.53. The zero-order valence-corrected chi connectivity index (χ0v) is 15.1. The molecule has 0 aliphatic heterocycles. The predicted octanol–water partition coefficient (Wildman–Crippen LogP) is 2.22. The minimum Gasteiger partial charge on any atom is -0.462 e. The Bertz CT molecular complexity index is 1260. The van der Waals surface area contributed by atoms with Gasteiger partial charge in [0.05, 0.1) is 12.8 Å². The van der Waals surface area contributed by atoms with Gasteiger partial charge in [0.25, 0.3) is 5.56 Å². The highest BCUT2D eigenvalue weighted by atomic mass is 16.5. The van der Waals surface area contributed by atoms with E-state index in [-0.39, 0.29) is 28.9 Å². The molecule has 0 bridgehead atoms. The van der Waals surface area contributed by atoms with E-state index >= 15 is 0 Å². The van der Waals surface area contributed by atoms with Gasteiger partial charge >= 0.3 is 5.97 Å². The average molecular weight is 363 g/mol. The van der Waals surface area contributed by atoms with E-state index in [9.17, 15) is 9.59 Å². The molecule has 0 saturated heterocycles. The van der Waals surface area contributed by atoms with Crippen molar-refractivity contribution >= 4 is 22.6 Å². The molecule has 0 unspecified atom stereocenters. The fraction of sp³-hybridized carbons (Fsp3) is 0.211. The van der Waals surface area contributed by atoms with Crippen LogP contribution < -0.4 is 5.56 Å². The first-order valence-corrected chi connectivity index (χ1v) is 8.51. The Balaban J connectivity index is 1.92. The van der Waals surface area contributed by atoms with Gasteiger partial charge < -0.3 is 4.74 Å². The van der Waals surface area contributed by atoms with Crippen LogP contribution in [0.5, 0.6) is 0 Å². The van der Waals surface area contributed by atoms with Crippen molar-refractivity contribution in [1.82, 2.24) is 24.4 Å². The van der Waals surface area contributed by atoms with Crippen molar-refractivity contribution in [3.63, 3.8) is 0 Å². The molecule has 27 heavy (non-hydrogen) atoms. The van der Waals surface area contributed by atoms with Crippen LogP contribution in [0.3, 0.4) is 0 Å². The molecular formula is C19H17N5O3. The highest BCUT2D eigenvalue weighted by Gasteiger charge is 2.18. The monoisotopic (exact) mass is 363 g/mol. The summed E-state index contributed by atoms with van der Waals surface area (Å²) in [5, 5.41) is 12.3. The van der Waals surface area contributed by atoms with E-state index in [1.54, 1.807) is 19.2 Å². The fourth-order valence-corrected chi connectivity index (χ4v) is 2.92. The number of aromatic nitrogens is 5. The molecule has 0 N–H and O–H groups in total. The molecule has 4 aromatic rings. The topological polar surface area (TPSA) is 91.4 Å². The number of carbonyl (C=O) groups excluding carboxylic acids is 1. The number of nitrogens with zero attached hydrogens (tertiary/aromatic N) is 5. The third-order valence-electron chi connectivity index (χ3n) is 4.53. The molecule has 0 aliphatic carbocycles. The summed E-state index contributed by atoms with van der Waals surface area (Å²) in [6.07, 6.45) is 3.04. The Kier molecular flexibility index (Phi) is 3.95. The van der Waals surface area contributed by atoms with Gasteiger partial charge in [-0.1, -0.05) is 6.07 Å². The Hall–Kier alpha value is -3.55. The summed E-state index contributed by atoms with van der Waals surface area (Å²) in [7, 11) is 0. The normalized spacial score (nSPS) is 11.2. The predicted molar refractivity (Wildman–Crippen MR) is 99.3 cm³/mol. The number of fused-ring (bicyclic) bond motifs is 3. The maximum absolute atomic E-state index is 12.9. The van der Waals surface area contributed by atoms with Crippen molar-refractivity contribution in [2.75, 3.05) is 6.61 Å². The summed E-state index contributed by atoms with van der Waals surface area (Å²) < 4.78 is 7.95. The van der Waals surface area contributed by atoms with Gasteiger partial charge in [0.15, 0.2) is 11.2 Å². The number of rotatable bonds is 3. The first-order chi connectivity index (χ1) is 13.0. The van der Waals surface area contributed by atoms with Gasteiger partial charge in [0.1, 0.15) is 11.1 Å². The lowest BCUT2D eigenvalue weighted by atomic mass is 10.1. The number of hydrogen-bond acceptors (Lipinski definition) is 6. The quantitative estimate of drug-likeness (QED) is 0.518. The molecule has 136 valence electrons. The van der Waals surface area contributed by atoms with E-state index in [0.29, 0.717) is 5.52 Å². The van der Waals surface area contributed by atoms with Crippen molar-refractivity contribution in [3.8, 4) is 5.69 Å². The van der Waals surface area contributed by atoms with E-state index in [0.717, 1.165) is 16.8 Å². The van der Waals surface area contributed by atoms with Crippen LogP contribution in [0.25, 0.3) is 22.4 Å². The Morgan fingerprint density at radius 3 is 2.70 bits per heavy atom. The summed E-state index contributed by atoms with van der Waals surface area (Å²) in [5.74, 6) is -0.523. The number of ether oxygens (including phenoxy) is 1. The molecule has 0 spiro atoms. The Morgan fingerprint density at radius 2 is 1.96 bits per heavy atom. The van der Waals surface area contributed by atoms with Crippen molar-refractivity contribution in [3.05, 3.63) is 63.7 Å². The average Bonchev–Trinajstić information content (AvgIpc) is 3.09. The molecule has 0 atom stereocenters. The van der Waals surface area contributed by atoms with Gasteiger partial charge in [0, 0.05) is 11.9 Å².